The molecule has 0 spiro atoms. The highest BCUT2D eigenvalue weighted by Gasteiger charge is 2.24. The van der Waals surface area contributed by atoms with Crippen molar-refractivity contribution in [3.63, 3.8) is 0 Å². The van der Waals surface area contributed by atoms with Crippen LogP contribution in [-0.2, 0) is 14.3 Å². The molecule has 1 N–H and O–H groups in total. The highest BCUT2D eigenvalue weighted by Crippen LogP contribution is 2.08. The maximum Gasteiger partial charge on any atom is 0.248 e. The van der Waals surface area contributed by atoms with E-state index in [0.29, 0.717) is 26.2 Å². The molecule has 1 rings (SSSR count). The molecule has 0 aromatic heterocycles. The van der Waals surface area contributed by atoms with E-state index in [2.05, 4.69) is 0 Å². The quantitative estimate of drug-likeness (QED) is 0.738. The van der Waals surface area contributed by atoms with Gasteiger partial charge in [-0.15, -0.1) is 0 Å². The first kappa shape index (κ1) is 14.9. The Morgan fingerprint density at radius 3 is 1.89 bits per heavy atom. The Kier molecular flexibility index (Phi) is 5.10. The largest absolute Gasteiger partial charge is 0.387 e. The standard InChI is InChI=1S/C12H22N2O4/c1-12(2,3)18-9-11(17)14-6-4-13(5-7-14)10(16)8-15/h15H,4-9H2,1-3H3. The number of nitrogens with zero attached hydrogens (tertiary/aromatic N) is 2. The Morgan fingerprint density at radius 2 is 1.50 bits per heavy atom. The molecule has 18 heavy (non-hydrogen) atoms. The zero-order valence-electron chi connectivity index (χ0n) is 11.3. The first-order valence-corrected chi connectivity index (χ1v) is 6.14. The van der Waals surface area contributed by atoms with Crippen molar-refractivity contribution in [2.45, 2.75) is 26.4 Å². The molecule has 1 saturated heterocycles. The molecule has 0 bridgehead atoms. The van der Waals surface area contributed by atoms with E-state index in [9.17, 15) is 9.59 Å². The van der Waals surface area contributed by atoms with Crippen molar-refractivity contribution >= 4 is 11.8 Å². The van der Waals surface area contributed by atoms with Crippen molar-refractivity contribution in [2.75, 3.05) is 39.4 Å². The number of piperazine rings is 1. The molecule has 0 saturated carbocycles. The van der Waals surface area contributed by atoms with E-state index in [1.54, 1.807) is 9.80 Å². The van der Waals surface area contributed by atoms with Crippen LogP contribution in [0.3, 0.4) is 0 Å². The molecule has 1 fully saturated rings. The van der Waals surface area contributed by atoms with Gasteiger partial charge in [-0.3, -0.25) is 9.59 Å². The lowest BCUT2D eigenvalue weighted by Crippen LogP contribution is -2.52. The van der Waals surface area contributed by atoms with Gasteiger partial charge >= 0.3 is 0 Å². The van der Waals surface area contributed by atoms with E-state index in [1.165, 1.54) is 0 Å². The third kappa shape index (κ3) is 4.62. The van der Waals surface area contributed by atoms with Crippen LogP contribution in [0, 0.1) is 0 Å². The third-order valence-electron chi connectivity index (χ3n) is 2.75. The van der Waals surface area contributed by atoms with Gasteiger partial charge in [0.05, 0.1) is 5.60 Å². The minimum atomic E-state index is -0.471. The molecule has 0 aromatic carbocycles. The summed E-state index contributed by atoms with van der Waals surface area (Å²) >= 11 is 0. The van der Waals surface area contributed by atoms with Crippen molar-refractivity contribution in [3.8, 4) is 0 Å². The second-order valence-electron chi connectivity index (χ2n) is 5.32. The summed E-state index contributed by atoms with van der Waals surface area (Å²) in [6, 6.07) is 0. The third-order valence-corrected chi connectivity index (χ3v) is 2.75. The summed E-state index contributed by atoms with van der Waals surface area (Å²) in [6.07, 6.45) is 0. The summed E-state index contributed by atoms with van der Waals surface area (Å²) in [4.78, 5) is 26.3. The topological polar surface area (TPSA) is 70.1 Å². The molecule has 0 unspecified atom stereocenters. The fourth-order valence-corrected chi connectivity index (χ4v) is 1.67. The van der Waals surface area contributed by atoms with Crippen molar-refractivity contribution in [1.29, 1.82) is 0 Å². The van der Waals surface area contributed by atoms with Crippen LogP contribution in [0.1, 0.15) is 20.8 Å². The average Bonchev–Trinajstić information content (AvgIpc) is 2.34. The van der Waals surface area contributed by atoms with Gasteiger partial charge < -0.3 is 19.6 Å². The molecule has 0 atom stereocenters. The van der Waals surface area contributed by atoms with Crippen LogP contribution < -0.4 is 0 Å². The zero-order chi connectivity index (χ0) is 13.8. The summed E-state index contributed by atoms with van der Waals surface area (Å²) in [6.45, 7) is 7.24. The van der Waals surface area contributed by atoms with Crippen LogP contribution in [-0.4, -0.2) is 71.7 Å². The Balaban J connectivity index is 2.34. The SMILES string of the molecule is CC(C)(C)OCC(=O)N1CCN(C(=O)CO)CC1. The van der Waals surface area contributed by atoms with Crippen LogP contribution in [0.2, 0.25) is 0 Å². The lowest BCUT2D eigenvalue weighted by molar-refractivity contribution is -0.146. The fraction of sp³-hybridized carbons (Fsp3) is 0.833. The number of amides is 2. The number of aliphatic hydroxyl groups excluding tert-OH is 1. The van der Waals surface area contributed by atoms with Crippen LogP contribution in [0.5, 0.6) is 0 Å². The van der Waals surface area contributed by atoms with Gasteiger partial charge in [0.15, 0.2) is 0 Å². The fourth-order valence-electron chi connectivity index (χ4n) is 1.67. The number of aliphatic hydroxyl groups is 1. The predicted octanol–water partition coefficient (Wildman–Crippen LogP) is -0.535. The Labute approximate surface area is 107 Å². The number of rotatable bonds is 3. The monoisotopic (exact) mass is 258 g/mol. The average molecular weight is 258 g/mol. The van der Waals surface area contributed by atoms with Crippen molar-refractivity contribution < 1.29 is 19.4 Å². The summed E-state index contributed by atoms with van der Waals surface area (Å²) in [5.74, 6) is -0.339. The van der Waals surface area contributed by atoms with Gasteiger partial charge in [-0.2, -0.15) is 0 Å². The molecule has 1 aliphatic rings. The van der Waals surface area contributed by atoms with E-state index < -0.39 is 6.61 Å². The first-order valence-electron chi connectivity index (χ1n) is 6.14. The van der Waals surface area contributed by atoms with E-state index >= 15 is 0 Å². The number of ether oxygens (including phenoxy) is 1. The minimum Gasteiger partial charge on any atom is -0.387 e. The van der Waals surface area contributed by atoms with Crippen LogP contribution >= 0.6 is 0 Å². The lowest BCUT2D eigenvalue weighted by Gasteiger charge is -2.35. The molecular formula is C12H22N2O4. The number of hydrogen-bond donors (Lipinski definition) is 1. The van der Waals surface area contributed by atoms with Gasteiger partial charge in [-0.25, -0.2) is 0 Å². The van der Waals surface area contributed by atoms with Gasteiger partial charge in [0.2, 0.25) is 11.8 Å². The molecule has 6 heteroatoms. The van der Waals surface area contributed by atoms with Crippen molar-refractivity contribution in [1.82, 2.24) is 9.80 Å². The molecule has 0 aliphatic carbocycles. The molecule has 1 heterocycles. The van der Waals surface area contributed by atoms with Crippen molar-refractivity contribution in [2.24, 2.45) is 0 Å². The van der Waals surface area contributed by atoms with E-state index in [1.807, 2.05) is 20.8 Å². The first-order chi connectivity index (χ1) is 8.33. The van der Waals surface area contributed by atoms with Gasteiger partial charge in [0.1, 0.15) is 13.2 Å². The second kappa shape index (κ2) is 6.15. The predicted molar refractivity (Wildman–Crippen MR) is 66.0 cm³/mol. The molecule has 1 aliphatic heterocycles. The molecule has 104 valence electrons. The van der Waals surface area contributed by atoms with Crippen LogP contribution in [0.15, 0.2) is 0 Å². The molecule has 2 amide bonds. The number of carbonyl (C=O) groups excluding carboxylic acids is 2. The molecule has 0 aromatic rings. The molecular weight excluding hydrogens is 236 g/mol. The highest BCUT2D eigenvalue weighted by molar-refractivity contribution is 5.79. The number of hydrogen-bond acceptors (Lipinski definition) is 4. The zero-order valence-corrected chi connectivity index (χ0v) is 11.3. The highest BCUT2D eigenvalue weighted by atomic mass is 16.5. The van der Waals surface area contributed by atoms with Crippen molar-refractivity contribution in [3.05, 3.63) is 0 Å². The summed E-state index contributed by atoms with van der Waals surface area (Å²) < 4.78 is 5.43. The summed E-state index contributed by atoms with van der Waals surface area (Å²) in [5.41, 5.74) is -0.329. The summed E-state index contributed by atoms with van der Waals surface area (Å²) in [7, 11) is 0. The van der Waals surface area contributed by atoms with E-state index in [-0.39, 0.29) is 24.0 Å². The van der Waals surface area contributed by atoms with Crippen LogP contribution in [0.4, 0.5) is 0 Å². The Bertz CT molecular complexity index is 304. The van der Waals surface area contributed by atoms with Gasteiger partial charge in [-0.1, -0.05) is 0 Å². The summed E-state index contributed by atoms with van der Waals surface area (Å²) in [5, 5.41) is 8.74. The number of carbonyl (C=O) groups is 2. The maximum absolute atomic E-state index is 11.8. The van der Waals surface area contributed by atoms with E-state index in [4.69, 9.17) is 9.84 Å². The van der Waals surface area contributed by atoms with Crippen LogP contribution in [0.25, 0.3) is 0 Å². The normalized spacial score (nSPS) is 16.9. The molecule has 6 nitrogen and oxygen atoms in total. The van der Waals surface area contributed by atoms with Gasteiger partial charge in [-0.05, 0) is 20.8 Å². The Morgan fingerprint density at radius 1 is 1.06 bits per heavy atom. The maximum atomic E-state index is 11.8. The lowest BCUT2D eigenvalue weighted by atomic mass is 10.2. The molecule has 0 radical (unpaired) electrons. The second-order valence-corrected chi connectivity index (χ2v) is 5.32. The minimum absolute atomic E-state index is 0.0546. The van der Waals surface area contributed by atoms with Gasteiger partial charge in [0, 0.05) is 26.2 Å². The van der Waals surface area contributed by atoms with E-state index in [0.717, 1.165) is 0 Å². The smallest absolute Gasteiger partial charge is 0.248 e. The van der Waals surface area contributed by atoms with Gasteiger partial charge in [0.25, 0.3) is 0 Å². The Hall–Kier alpha value is -1.14.